The van der Waals surface area contributed by atoms with Gasteiger partial charge in [-0.3, -0.25) is 9.59 Å². The quantitative estimate of drug-likeness (QED) is 0.171. The van der Waals surface area contributed by atoms with Crippen LogP contribution in [0.5, 0.6) is 0 Å². The molecule has 0 aliphatic carbocycles. The standard InChI is InChI=1S/C32H18N2O3P/c35-31-20-8-1-2-11-24(20)34-27-18-19(16-17-21(27)32(36)23-10-7-9-22(31)30(23)34)33-25-12-3-5-14-28(25)38(37)29-15-6-4-13-26(29)33/h1-18H/q+1. The van der Waals surface area contributed by atoms with Crippen molar-refractivity contribution in [1.82, 2.24) is 8.97 Å². The van der Waals surface area contributed by atoms with Gasteiger partial charge in [-0.15, -0.1) is 0 Å². The van der Waals surface area contributed by atoms with Crippen molar-refractivity contribution in [3.63, 3.8) is 0 Å². The van der Waals surface area contributed by atoms with Crippen molar-refractivity contribution in [3.8, 4) is 5.69 Å². The Morgan fingerprint density at radius 3 is 1.68 bits per heavy atom. The maximum absolute atomic E-state index is 13.7. The van der Waals surface area contributed by atoms with Gasteiger partial charge in [-0.1, -0.05) is 47.0 Å². The number of hydrogen-bond acceptors (Lipinski definition) is 3. The maximum atomic E-state index is 13.7. The summed E-state index contributed by atoms with van der Waals surface area (Å²) in [7, 11) is -1.73. The molecule has 3 aromatic heterocycles. The van der Waals surface area contributed by atoms with Crippen LogP contribution >= 0.6 is 7.41 Å². The average Bonchev–Trinajstić information content (AvgIpc) is 2.97. The Morgan fingerprint density at radius 1 is 0.500 bits per heavy atom. The summed E-state index contributed by atoms with van der Waals surface area (Å²) in [6.45, 7) is 0. The van der Waals surface area contributed by atoms with Crippen molar-refractivity contribution >= 4 is 66.8 Å². The molecule has 0 aliphatic heterocycles. The Morgan fingerprint density at radius 2 is 1.03 bits per heavy atom. The molecule has 5 nitrogen and oxygen atoms in total. The van der Waals surface area contributed by atoms with Gasteiger partial charge in [0.2, 0.25) is 10.2 Å². The van der Waals surface area contributed by atoms with E-state index in [2.05, 4.69) is 4.57 Å². The van der Waals surface area contributed by atoms with Crippen LogP contribution in [-0.2, 0) is 4.57 Å². The second-order valence-corrected chi connectivity index (χ2v) is 11.1. The van der Waals surface area contributed by atoms with E-state index in [1.807, 2.05) is 95.4 Å². The zero-order valence-corrected chi connectivity index (χ0v) is 20.9. The molecule has 6 heteroatoms. The number of para-hydroxylation sites is 4. The summed E-state index contributed by atoms with van der Waals surface area (Å²) in [6, 6.07) is 34.2. The Balaban J connectivity index is 1.64. The topological polar surface area (TPSA) is 60.6 Å². The number of rotatable bonds is 1. The zero-order chi connectivity index (χ0) is 25.5. The van der Waals surface area contributed by atoms with Gasteiger partial charge in [0, 0.05) is 27.2 Å². The van der Waals surface area contributed by atoms with Crippen LogP contribution in [0.4, 0.5) is 0 Å². The normalized spacial score (nSPS) is 12.0. The number of fused-ring (bicyclic) bond motifs is 6. The molecule has 5 aromatic carbocycles. The molecule has 178 valence electrons. The van der Waals surface area contributed by atoms with Crippen LogP contribution in [0.15, 0.2) is 119 Å². The fourth-order valence-corrected chi connectivity index (χ4v) is 7.36. The monoisotopic (exact) mass is 509 g/mol. The van der Waals surface area contributed by atoms with Crippen molar-refractivity contribution in [2.75, 3.05) is 0 Å². The highest BCUT2D eigenvalue weighted by Gasteiger charge is 2.22. The summed E-state index contributed by atoms with van der Waals surface area (Å²) in [5.74, 6) is 0. The van der Waals surface area contributed by atoms with Crippen molar-refractivity contribution in [2.24, 2.45) is 0 Å². The second-order valence-electron chi connectivity index (χ2n) is 9.52. The summed E-state index contributed by atoms with van der Waals surface area (Å²) in [5, 5.41) is 3.78. The second kappa shape index (κ2) is 7.58. The summed E-state index contributed by atoms with van der Waals surface area (Å²) in [4.78, 5) is 27.1. The van der Waals surface area contributed by atoms with Crippen molar-refractivity contribution < 1.29 is 4.57 Å². The lowest BCUT2D eigenvalue weighted by atomic mass is 10.0. The minimum Gasteiger partial charge on any atom is -0.307 e. The Labute approximate surface area is 215 Å². The first-order chi connectivity index (χ1) is 18.6. The summed E-state index contributed by atoms with van der Waals surface area (Å²) in [6.07, 6.45) is 0. The van der Waals surface area contributed by atoms with Gasteiger partial charge in [-0.2, -0.15) is 0 Å². The van der Waals surface area contributed by atoms with Gasteiger partial charge in [0.05, 0.1) is 16.6 Å². The molecule has 38 heavy (non-hydrogen) atoms. The van der Waals surface area contributed by atoms with E-state index in [0.717, 1.165) is 38.0 Å². The Kier molecular flexibility index (Phi) is 4.24. The van der Waals surface area contributed by atoms with Gasteiger partial charge in [-0.25, -0.2) is 0 Å². The molecule has 0 unspecified atom stereocenters. The molecular formula is C32H18N2O3P+. The predicted molar refractivity (Wildman–Crippen MR) is 156 cm³/mol. The van der Waals surface area contributed by atoms with Crippen LogP contribution < -0.4 is 10.9 Å². The first-order valence-electron chi connectivity index (χ1n) is 12.3. The SMILES string of the molecule is O=c1c2ccccc2n2c3cc(-n4c5ccccc5[p+](=O)c5ccccc54)ccc3c(=O)c3cccc1c32. The van der Waals surface area contributed by atoms with Crippen molar-refractivity contribution in [1.29, 1.82) is 0 Å². The van der Waals surface area contributed by atoms with E-state index in [4.69, 9.17) is 0 Å². The van der Waals surface area contributed by atoms with Crippen LogP contribution in [0.3, 0.4) is 0 Å². The van der Waals surface area contributed by atoms with E-state index in [1.165, 1.54) is 0 Å². The zero-order valence-electron chi connectivity index (χ0n) is 20.0. The molecular weight excluding hydrogens is 491 g/mol. The van der Waals surface area contributed by atoms with Crippen LogP contribution in [0, 0.1) is 0 Å². The van der Waals surface area contributed by atoms with Crippen LogP contribution in [0.25, 0.3) is 65.1 Å². The van der Waals surface area contributed by atoms with E-state index in [0.29, 0.717) is 27.1 Å². The van der Waals surface area contributed by atoms with Gasteiger partial charge in [0.1, 0.15) is 11.0 Å². The molecule has 8 aromatic rings. The van der Waals surface area contributed by atoms with Gasteiger partial charge in [-0.05, 0) is 66.7 Å². The molecule has 0 saturated carbocycles. The maximum Gasteiger partial charge on any atom is 0.419 e. The molecule has 3 heterocycles. The van der Waals surface area contributed by atoms with Crippen LogP contribution in [0.2, 0.25) is 0 Å². The van der Waals surface area contributed by atoms with Gasteiger partial charge in [0.15, 0.2) is 10.9 Å². The lowest BCUT2D eigenvalue weighted by Gasteiger charge is -2.16. The molecule has 0 bridgehead atoms. The third-order valence-corrected chi connectivity index (χ3v) is 9.18. The molecule has 0 amide bonds. The van der Waals surface area contributed by atoms with E-state index in [-0.39, 0.29) is 10.9 Å². The lowest BCUT2D eigenvalue weighted by molar-refractivity contribution is 0.602. The van der Waals surface area contributed by atoms with Crippen molar-refractivity contribution in [2.45, 2.75) is 0 Å². The largest absolute Gasteiger partial charge is 0.419 e. The Hall–Kier alpha value is -4.86. The van der Waals surface area contributed by atoms with E-state index < -0.39 is 7.41 Å². The molecule has 8 rings (SSSR count). The van der Waals surface area contributed by atoms with Gasteiger partial charge < -0.3 is 8.97 Å². The van der Waals surface area contributed by atoms with E-state index in [9.17, 15) is 14.2 Å². The van der Waals surface area contributed by atoms with Crippen molar-refractivity contribution in [3.05, 3.63) is 130 Å². The van der Waals surface area contributed by atoms with Gasteiger partial charge >= 0.3 is 7.41 Å². The summed E-state index contributed by atoms with van der Waals surface area (Å²) >= 11 is 0. The number of aromatic nitrogens is 2. The lowest BCUT2D eigenvalue weighted by Crippen LogP contribution is -2.14. The number of hydrogen-bond donors (Lipinski definition) is 0. The molecule has 0 atom stereocenters. The highest BCUT2D eigenvalue weighted by atomic mass is 31.1. The summed E-state index contributed by atoms with van der Waals surface area (Å²) < 4.78 is 17.6. The number of nitrogens with zero attached hydrogens (tertiary/aromatic N) is 2. The molecule has 0 spiro atoms. The first kappa shape index (κ1) is 21.2. The van der Waals surface area contributed by atoms with E-state index in [1.54, 1.807) is 18.2 Å². The third-order valence-electron chi connectivity index (χ3n) is 7.55. The van der Waals surface area contributed by atoms with Crippen LogP contribution in [0.1, 0.15) is 0 Å². The smallest absolute Gasteiger partial charge is 0.307 e. The first-order valence-corrected chi connectivity index (χ1v) is 13.6. The fourth-order valence-electron chi connectivity index (χ4n) is 5.90. The highest BCUT2D eigenvalue weighted by molar-refractivity contribution is 7.48. The summed E-state index contributed by atoms with van der Waals surface area (Å²) in [5.41, 5.74) is 4.47. The van der Waals surface area contributed by atoms with E-state index >= 15 is 0 Å². The van der Waals surface area contributed by atoms with Crippen LogP contribution in [-0.4, -0.2) is 8.97 Å². The number of pyridine rings is 2. The third kappa shape index (κ3) is 2.66. The number of benzene rings is 5. The Bertz CT molecular complexity index is 2400. The highest BCUT2D eigenvalue weighted by Crippen LogP contribution is 2.39. The minimum atomic E-state index is -1.73. The molecule has 0 aliphatic rings. The molecule has 0 N–H and O–H groups in total. The predicted octanol–water partition coefficient (Wildman–Crippen LogP) is 7.40. The van der Waals surface area contributed by atoms with Gasteiger partial charge in [0.25, 0.3) is 0 Å². The molecule has 0 fully saturated rings. The fraction of sp³-hybridized carbons (Fsp3) is 0. The molecule has 0 saturated heterocycles. The molecule has 0 radical (unpaired) electrons. The minimum absolute atomic E-state index is 0.0798. The average molecular weight is 509 g/mol.